The van der Waals surface area contributed by atoms with Crippen molar-refractivity contribution in [3.05, 3.63) is 52.7 Å². The first-order chi connectivity index (χ1) is 9.51. The van der Waals surface area contributed by atoms with Crippen molar-refractivity contribution in [2.24, 2.45) is 0 Å². The molecule has 0 bridgehead atoms. The molecule has 4 nitrogen and oxygen atoms in total. The van der Waals surface area contributed by atoms with Gasteiger partial charge in [-0.2, -0.15) is 0 Å². The molecule has 2 N–H and O–H groups in total. The number of aromatic nitrogens is 1. The molecule has 0 saturated carbocycles. The Balaban J connectivity index is 2.28. The predicted molar refractivity (Wildman–Crippen MR) is 73.1 cm³/mol. The molecule has 0 aliphatic rings. The van der Waals surface area contributed by atoms with Gasteiger partial charge in [-0.25, -0.2) is 13.8 Å². The van der Waals surface area contributed by atoms with Crippen molar-refractivity contribution in [3.8, 4) is 0 Å². The zero-order chi connectivity index (χ0) is 14.7. The maximum atomic E-state index is 13.9. The highest BCUT2D eigenvalue weighted by molar-refractivity contribution is 6.31. The Morgan fingerprint density at radius 3 is 2.70 bits per heavy atom. The van der Waals surface area contributed by atoms with Gasteiger partial charge < -0.3 is 10.6 Å². The Morgan fingerprint density at radius 1 is 1.30 bits per heavy atom. The quantitative estimate of drug-likeness (QED) is 0.914. The molecule has 0 saturated heterocycles. The van der Waals surface area contributed by atoms with Crippen LogP contribution >= 0.6 is 11.6 Å². The Bertz CT molecular complexity index is 644. The second kappa shape index (κ2) is 5.83. The van der Waals surface area contributed by atoms with E-state index in [2.05, 4.69) is 15.6 Å². The fourth-order valence-corrected chi connectivity index (χ4v) is 1.84. The van der Waals surface area contributed by atoms with E-state index in [-0.39, 0.29) is 22.1 Å². The van der Waals surface area contributed by atoms with Crippen LogP contribution in [0.1, 0.15) is 10.4 Å². The summed E-state index contributed by atoms with van der Waals surface area (Å²) in [4.78, 5) is 15.7. The van der Waals surface area contributed by atoms with Gasteiger partial charge in [0, 0.05) is 24.0 Å². The Hall–Kier alpha value is -2.21. The first-order valence-corrected chi connectivity index (χ1v) is 5.98. The Kier molecular flexibility index (Phi) is 4.14. The number of halogens is 3. The molecule has 2 rings (SSSR count). The van der Waals surface area contributed by atoms with Crippen LogP contribution in [0.2, 0.25) is 5.02 Å². The van der Waals surface area contributed by atoms with E-state index in [0.717, 1.165) is 12.1 Å². The molecule has 2 aromatic rings. The lowest BCUT2D eigenvalue weighted by Gasteiger charge is -2.08. The van der Waals surface area contributed by atoms with Gasteiger partial charge in [-0.3, -0.25) is 4.79 Å². The van der Waals surface area contributed by atoms with Crippen molar-refractivity contribution >= 4 is 29.0 Å². The lowest BCUT2D eigenvalue weighted by atomic mass is 10.2. The molecule has 0 aliphatic carbocycles. The third kappa shape index (κ3) is 3.03. The molecule has 1 aromatic heterocycles. The number of carbonyl (C=O) groups is 1. The van der Waals surface area contributed by atoms with Crippen LogP contribution in [-0.2, 0) is 0 Å². The highest BCUT2D eigenvalue weighted by Crippen LogP contribution is 2.20. The van der Waals surface area contributed by atoms with Gasteiger partial charge in [-0.1, -0.05) is 11.6 Å². The highest BCUT2D eigenvalue weighted by Gasteiger charge is 2.16. The zero-order valence-corrected chi connectivity index (χ0v) is 11.1. The first-order valence-electron chi connectivity index (χ1n) is 5.61. The lowest BCUT2D eigenvalue weighted by molar-refractivity contribution is 0.102. The fourth-order valence-electron chi connectivity index (χ4n) is 1.62. The average Bonchev–Trinajstić information content (AvgIpc) is 2.37. The number of carbonyl (C=O) groups excluding carboxylic acids is 1. The summed E-state index contributed by atoms with van der Waals surface area (Å²) in [5.74, 6) is -2.15. The SMILES string of the molecule is CNc1nccc(C(=O)Nc2cc(F)cc(Cl)c2)c1F. The van der Waals surface area contributed by atoms with Gasteiger partial charge in [-0.05, 0) is 24.3 Å². The zero-order valence-electron chi connectivity index (χ0n) is 10.4. The number of rotatable bonds is 3. The van der Waals surface area contributed by atoms with E-state index in [4.69, 9.17) is 11.6 Å². The van der Waals surface area contributed by atoms with Gasteiger partial charge in [0.1, 0.15) is 5.82 Å². The van der Waals surface area contributed by atoms with E-state index >= 15 is 0 Å². The van der Waals surface area contributed by atoms with E-state index in [1.165, 1.54) is 25.4 Å². The first kappa shape index (κ1) is 14.2. The standard InChI is InChI=1S/C13H10ClF2N3O/c1-17-12-11(16)10(2-3-18-12)13(20)19-9-5-7(14)4-8(15)6-9/h2-6H,1H3,(H,17,18)(H,19,20). The molecule has 1 amide bonds. The smallest absolute Gasteiger partial charge is 0.258 e. The summed E-state index contributed by atoms with van der Waals surface area (Å²) in [6.45, 7) is 0. The summed E-state index contributed by atoms with van der Waals surface area (Å²) in [6, 6.07) is 4.78. The summed E-state index contributed by atoms with van der Waals surface area (Å²) in [7, 11) is 1.49. The summed E-state index contributed by atoms with van der Waals surface area (Å²) in [5.41, 5.74) is -0.0630. The largest absolute Gasteiger partial charge is 0.371 e. The van der Waals surface area contributed by atoms with Gasteiger partial charge in [0.05, 0.1) is 5.56 Å². The molecule has 0 radical (unpaired) electrons. The van der Waals surface area contributed by atoms with Crippen molar-refractivity contribution in [1.82, 2.24) is 4.98 Å². The Morgan fingerprint density at radius 2 is 2.05 bits per heavy atom. The molecular formula is C13H10ClF2N3O. The Labute approximate surface area is 118 Å². The normalized spacial score (nSPS) is 10.2. The minimum atomic E-state index is -0.782. The van der Waals surface area contributed by atoms with E-state index in [1.54, 1.807) is 0 Å². The number of hydrogen-bond donors (Lipinski definition) is 2. The van der Waals surface area contributed by atoms with Gasteiger partial charge in [-0.15, -0.1) is 0 Å². The molecular weight excluding hydrogens is 288 g/mol. The third-order valence-corrected chi connectivity index (χ3v) is 2.71. The number of benzene rings is 1. The molecule has 20 heavy (non-hydrogen) atoms. The maximum Gasteiger partial charge on any atom is 0.258 e. The molecule has 0 atom stereocenters. The van der Waals surface area contributed by atoms with Gasteiger partial charge in [0.15, 0.2) is 11.6 Å². The van der Waals surface area contributed by atoms with Crippen LogP contribution in [-0.4, -0.2) is 17.9 Å². The number of nitrogens with one attached hydrogen (secondary N) is 2. The van der Waals surface area contributed by atoms with E-state index in [9.17, 15) is 13.6 Å². The van der Waals surface area contributed by atoms with Crippen LogP contribution in [0.5, 0.6) is 0 Å². The monoisotopic (exact) mass is 297 g/mol. The molecule has 104 valence electrons. The maximum absolute atomic E-state index is 13.9. The van der Waals surface area contributed by atoms with Crippen molar-refractivity contribution < 1.29 is 13.6 Å². The lowest BCUT2D eigenvalue weighted by Crippen LogP contribution is -2.15. The van der Waals surface area contributed by atoms with Crippen LogP contribution in [0.3, 0.4) is 0 Å². The fraction of sp³-hybridized carbons (Fsp3) is 0.0769. The molecule has 0 fully saturated rings. The molecule has 0 spiro atoms. The van der Waals surface area contributed by atoms with Gasteiger partial charge in [0.2, 0.25) is 0 Å². The predicted octanol–water partition coefficient (Wildman–Crippen LogP) is 3.31. The van der Waals surface area contributed by atoms with Crippen molar-refractivity contribution in [2.45, 2.75) is 0 Å². The number of anilines is 2. The number of pyridine rings is 1. The molecule has 1 heterocycles. The summed E-state index contributed by atoms with van der Waals surface area (Å²) < 4.78 is 27.0. The van der Waals surface area contributed by atoms with Crippen LogP contribution in [0.15, 0.2) is 30.5 Å². The molecule has 7 heteroatoms. The number of amides is 1. The van der Waals surface area contributed by atoms with Gasteiger partial charge in [0.25, 0.3) is 5.91 Å². The van der Waals surface area contributed by atoms with E-state index in [0.29, 0.717) is 0 Å². The molecule has 1 aromatic carbocycles. The summed E-state index contributed by atoms with van der Waals surface area (Å²) >= 11 is 5.67. The second-order valence-electron chi connectivity index (χ2n) is 3.88. The summed E-state index contributed by atoms with van der Waals surface area (Å²) in [5, 5.41) is 5.03. The van der Waals surface area contributed by atoms with Crippen LogP contribution in [0.4, 0.5) is 20.3 Å². The topological polar surface area (TPSA) is 54.0 Å². The number of hydrogen-bond acceptors (Lipinski definition) is 3. The molecule has 0 aliphatic heterocycles. The van der Waals surface area contributed by atoms with E-state index in [1.807, 2.05) is 0 Å². The van der Waals surface area contributed by atoms with Crippen LogP contribution in [0.25, 0.3) is 0 Å². The highest BCUT2D eigenvalue weighted by atomic mass is 35.5. The van der Waals surface area contributed by atoms with E-state index < -0.39 is 17.5 Å². The van der Waals surface area contributed by atoms with Crippen molar-refractivity contribution in [2.75, 3.05) is 17.7 Å². The molecule has 0 unspecified atom stereocenters. The average molecular weight is 298 g/mol. The minimum Gasteiger partial charge on any atom is -0.371 e. The minimum absolute atomic E-state index is 0.0464. The van der Waals surface area contributed by atoms with Gasteiger partial charge >= 0.3 is 0 Å². The summed E-state index contributed by atoms with van der Waals surface area (Å²) in [6.07, 6.45) is 1.29. The van der Waals surface area contributed by atoms with Crippen molar-refractivity contribution in [1.29, 1.82) is 0 Å². The van der Waals surface area contributed by atoms with Crippen LogP contribution < -0.4 is 10.6 Å². The third-order valence-electron chi connectivity index (χ3n) is 2.49. The second-order valence-corrected chi connectivity index (χ2v) is 4.32. The van der Waals surface area contributed by atoms with Crippen molar-refractivity contribution in [3.63, 3.8) is 0 Å². The number of nitrogens with zero attached hydrogens (tertiary/aromatic N) is 1. The van der Waals surface area contributed by atoms with Crippen LogP contribution in [0, 0.1) is 11.6 Å².